The van der Waals surface area contributed by atoms with Gasteiger partial charge in [-0.05, 0) is 45.7 Å². The molecule has 4 N–H and O–H groups in total. The number of halogens is 2. The van der Waals surface area contributed by atoms with Gasteiger partial charge in [-0.15, -0.1) is 24.0 Å². The summed E-state index contributed by atoms with van der Waals surface area (Å²) in [6, 6.07) is 5.83. The molecule has 32 heavy (non-hydrogen) atoms. The summed E-state index contributed by atoms with van der Waals surface area (Å²) in [5.41, 5.74) is -1.07. The molecule has 10 heteroatoms. The summed E-state index contributed by atoms with van der Waals surface area (Å²) in [4.78, 5) is 28.5. The number of ether oxygens (including phenoxy) is 1. The minimum Gasteiger partial charge on any atom is -0.444 e. The van der Waals surface area contributed by atoms with Gasteiger partial charge in [0.05, 0.1) is 11.1 Å². The van der Waals surface area contributed by atoms with Gasteiger partial charge in [0.1, 0.15) is 11.4 Å². The summed E-state index contributed by atoms with van der Waals surface area (Å²) in [7, 11) is 1.63. The van der Waals surface area contributed by atoms with Crippen molar-refractivity contribution >= 4 is 41.9 Å². The van der Waals surface area contributed by atoms with Crippen LogP contribution in [0.1, 0.15) is 57.8 Å². The maximum atomic E-state index is 13.6. The minimum atomic E-state index is -0.574. The van der Waals surface area contributed by atoms with E-state index < -0.39 is 29.0 Å². The molecular weight excluding hydrogens is 528 g/mol. The van der Waals surface area contributed by atoms with Crippen molar-refractivity contribution in [2.24, 2.45) is 4.99 Å². The lowest BCUT2D eigenvalue weighted by Crippen LogP contribution is -2.57. The molecule has 0 atom stereocenters. The van der Waals surface area contributed by atoms with Crippen LogP contribution in [0.5, 0.6) is 0 Å². The van der Waals surface area contributed by atoms with Crippen molar-refractivity contribution in [2.75, 3.05) is 26.7 Å². The Bertz CT molecular complexity index is 764. The van der Waals surface area contributed by atoms with Gasteiger partial charge in [-0.1, -0.05) is 26.0 Å². The molecule has 0 heterocycles. The quantitative estimate of drug-likeness (QED) is 0.159. The van der Waals surface area contributed by atoms with Gasteiger partial charge in [-0.2, -0.15) is 0 Å². The van der Waals surface area contributed by atoms with Crippen LogP contribution in [0.4, 0.5) is 9.18 Å². The lowest BCUT2D eigenvalue weighted by molar-refractivity contribution is 0.0448. The molecule has 1 rings (SSSR count). The smallest absolute Gasteiger partial charge is 0.408 e. The van der Waals surface area contributed by atoms with Crippen LogP contribution in [0.25, 0.3) is 0 Å². The number of guanidine groups is 1. The second kappa shape index (κ2) is 14.1. The molecule has 1 aromatic carbocycles. The number of nitrogens with zero attached hydrogens (tertiary/aromatic N) is 1. The Morgan fingerprint density at radius 3 is 2.16 bits per heavy atom. The van der Waals surface area contributed by atoms with E-state index in [1.165, 1.54) is 18.2 Å². The lowest BCUT2D eigenvalue weighted by Gasteiger charge is -2.34. The van der Waals surface area contributed by atoms with Gasteiger partial charge in [0.2, 0.25) is 0 Å². The Balaban J connectivity index is 0.00000961. The maximum absolute atomic E-state index is 13.6. The zero-order valence-electron chi connectivity index (χ0n) is 19.8. The number of hydrogen-bond acceptors (Lipinski definition) is 4. The van der Waals surface area contributed by atoms with Crippen molar-refractivity contribution in [2.45, 2.75) is 58.6 Å². The third kappa shape index (κ3) is 10.5. The molecule has 8 nitrogen and oxygen atoms in total. The molecule has 0 aliphatic rings. The second-order valence-electron chi connectivity index (χ2n) is 8.20. The van der Waals surface area contributed by atoms with Crippen LogP contribution in [0.3, 0.4) is 0 Å². The fourth-order valence-electron chi connectivity index (χ4n) is 2.81. The molecule has 1 aromatic rings. The van der Waals surface area contributed by atoms with Crippen LogP contribution in [0.2, 0.25) is 0 Å². The molecule has 0 aliphatic carbocycles. The summed E-state index contributed by atoms with van der Waals surface area (Å²) in [6.07, 6.45) is 0.938. The van der Waals surface area contributed by atoms with E-state index in [-0.39, 0.29) is 36.1 Å². The molecule has 0 aliphatic heterocycles. The normalized spacial score (nSPS) is 11.8. The lowest BCUT2D eigenvalue weighted by atomic mass is 9.93. The molecule has 0 spiro atoms. The highest BCUT2D eigenvalue weighted by atomic mass is 127. The predicted molar refractivity (Wildman–Crippen MR) is 136 cm³/mol. The minimum absolute atomic E-state index is 0. The van der Waals surface area contributed by atoms with Gasteiger partial charge < -0.3 is 26.0 Å². The number of nitrogens with one attached hydrogen (secondary N) is 4. The molecule has 0 fully saturated rings. The molecular formula is C22H37FIN5O3. The van der Waals surface area contributed by atoms with E-state index in [1.54, 1.807) is 13.1 Å². The number of aliphatic imine (C=N–C) groups is 1. The van der Waals surface area contributed by atoms with E-state index in [1.807, 2.05) is 34.6 Å². The zero-order valence-corrected chi connectivity index (χ0v) is 22.1. The van der Waals surface area contributed by atoms with Crippen LogP contribution in [-0.4, -0.2) is 55.8 Å². The zero-order chi connectivity index (χ0) is 23.5. The van der Waals surface area contributed by atoms with E-state index in [9.17, 15) is 14.0 Å². The maximum Gasteiger partial charge on any atom is 0.408 e. The Morgan fingerprint density at radius 2 is 1.62 bits per heavy atom. The van der Waals surface area contributed by atoms with Crippen LogP contribution in [0.15, 0.2) is 29.3 Å². The van der Waals surface area contributed by atoms with E-state index >= 15 is 0 Å². The number of amides is 2. The average Bonchev–Trinajstić information content (AvgIpc) is 2.71. The van der Waals surface area contributed by atoms with Crippen molar-refractivity contribution in [3.8, 4) is 0 Å². The Hall–Kier alpha value is -2.11. The molecule has 0 saturated carbocycles. The van der Waals surface area contributed by atoms with E-state index in [4.69, 9.17) is 4.74 Å². The third-order valence-corrected chi connectivity index (χ3v) is 4.76. The van der Waals surface area contributed by atoms with Gasteiger partial charge in [0.15, 0.2) is 5.96 Å². The van der Waals surface area contributed by atoms with Gasteiger partial charge in [-0.3, -0.25) is 9.79 Å². The first kappa shape index (κ1) is 29.9. The van der Waals surface area contributed by atoms with Crippen LogP contribution < -0.4 is 21.3 Å². The van der Waals surface area contributed by atoms with E-state index in [2.05, 4.69) is 26.3 Å². The summed E-state index contributed by atoms with van der Waals surface area (Å²) in [5.74, 6) is -0.504. The first-order chi connectivity index (χ1) is 14.6. The van der Waals surface area contributed by atoms with Crippen molar-refractivity contribution < 1.29 is 18.7 Å². The molecule has 182 valence electrons. The number of benzene rings is 1. The highest BCUT2D eigenvalue weighted by molar-refractivity contribution is 14.0. The molecule has 0 radical (unpaired) electrons. The highest BCUT2D eigenvalue weighted by Crippen LogP contribution is 2.16. The largest absolute Gasteiger partial charge is 0.444 e. The summed E-state index contributed by atoms with van der Waals surface area (Å²) in [6.45, 7) is 10.6. The first-order valence-corrected chi connectivity index (χ1v) is 10.5. The molecule has 0 unspecified atom stereocenters. The van der Waals surface area contributed by atoms with Gasteiger partial charge in [0, 0.05) is 26.7 Å². The topological polar surface area (TPSA) is 104 Å². The van der Waals surface area contributed by atoms with Gasteiger partial charge in [-0.25, -0.2) is 9.18 Å². The van der Waals surface area contributed by atoms with Crippen molar-refractivity contribution in [3.05, 3.63) is 35.6 Å². The predicted octanol–water partition coefficient (Wildman–Crippen LogP) is 3.42. The summed E-state index contributed by atoms with van der Waals surface area (Å²) >= 11 is 0. The monoisotopic (exact) mass is 565 g/mol. The van der Waals surface area contributed by atoms with Crippen molar-refractivity contribution in [1.82, 2.24) is 21.3 Å². The van der Waals surface area contributed by atoms with Crippen molar-refractivity contribution in [3.63, 3.8) is 0 Å². The van der Waals surface area contributed by atoms with Crippen LogP contribution in [-0.2, 0) is 4.74 Å². The third-order valence-electron chi connectivity index (χ3n) is 4.76. The standard InChI is InChI=1S/C22H36FN5O3.HI/c1-7-22(8-2,28-20(30)31-21(3,4)5)15-27-19(24-6)26-14-13-25-18(29)16-11-9-10-12-17(16)23;/h9-12H,7-8,13-15H2,1-6H3,(H,25,29)(H,28,30)(H2,24,26,27);1H. The molecule has 2 amide bonds. The number of carbonyl (C=O) groups is 2. The fraction of sp³-hybridized carbons (Fsp3) is 0.591. The van der Waals surface area contributed by atoms with E-state index in [0.717, 1.165) is 0 Å². The fourth-order valence-corrected chi connectivity index (χ4v) is 2.81. The second-order valence-corrected chi connectivity index (χ2v) is 8.20. The molecule has 0 saturated heterocycles. The van der Waals surface area contributed by atoms with Crippen LogP contribution in [0, 0.1) is 5.82 Å². The van der Waals surface area contributed by atoms with Gasteiger partial charge in [0.25, 0.3) is 5.91 Å². The average molecular weight is 565 g/mol. The molecule has 0 bridgehead atoms. The highest BCUT2D eigenvalue weighted by Gasteiger charge is 2.30. The van der Waals surface area contributed by atoms with E-state index in [0.29, 0.717) is 31.9 Å². The number of hydrogen-bond donors (Lipinski definition) is 4. The summed E-state index contributed by atoms with van der Waals surface area (Å²) < 4.78 is 19.0. The number of carbonyl (C=O) groups excluding carboxylic acids is 2. The van der Waals surface area contributed by atoms with Gasteiger partial charge >= 0.3 is 6.09 Å². The summed E-state index contributed by atoms with van der Waals surface area (Å²) in [5, 5.41) is 11.9. The molecule has 0 aromatic heterocycles. The Kier molecular flexibility index (Phi) is 13.2. The first-order valence-electron chi connectivity index (χ1n) is 10.5. The van der Waals surface area contributed by atoms with Crippen LogP contribution >= 0.6 is 24.0 Å². The number of alkyl carbamates (subject to hydrolysis) is 1. The SMILES string of the molecule is CCC(CC)(CNC(=NC)NCCNC(=O)c1ccccc1F)NC(=O)OC(C)(C)C.I. The Labute approximate surface area is 207 Å². The Morgan fingerprint density at radius 1 is 1.03 bits per heavy atom. The number of rotatable bonds is 9. The van der Waals surface area contributed by atoms with Crippen molar-refractivity contribution in [1.29, 1.82) is 0 Å².